The molecule has 2 saturated heterocycles. The van der Waals surface area contributed by atoms with Gasteiger partial charge in [-0.25, -0.2) is 9.59 Å². The zero-order valence-corrected chi connectivity index (χ0v) is 10.1. The molecule has 7 nitrogen and oxygen atoms in total. The smallest absolute Gasteiger partial charge is 0.328 e. The molecular weight excluding hydrogens is 240 g/mol. The van der Waals surface area contributed by atoms with Crippen LogP contribution >= 0.6 is 0 Å². The third kappa shape index (κ3) is 2.41. The SMILES string of the molecule is O=C(O)C1COCCN1C(=O)N1CCCC1CO. The van der Waals surface area contributed by atoms with Crippen LogP contribution in [0.4, 0.5) is 4.79 Å². The maximum atomic E-state index is 12.3. The number of morpholine rings is 1. The van der Waals surface area contributed by atoms with Gasteiger partial charge in [0.2, 0.25) is 0 Å². The largest absolute Gasteiger partial charge is 0.480 e. The third-order valence-electron chi connectivity index (χ3n) is 3.49. The summed E-state index contributed by atoms with van der Waals surface area (Å²) in [6, 6.07) is -1.41. The van der Waals surface area contributed by atoms with Crippen LogP contribution < -0.4 is 0 Å². The van der Waals surface area contributed by atoms with Crippen molar-refractivity contribution in [1.29, 1.82) is 0 Å². The van der Waals surface area contributed by atoms with Gasteiger partial charge in [0, 0.05) is 13.1 Å². The first-order chi connectivity index (χ1) is 8.65. The number of rotatable bonds is 2. The van der Waals surface area contributed by atoms with Crippen molar-refractivity contribution in [2.75, 3.05) is 32.9 Å². The number of aliphatic hydroxyl groups is 1. The number of carboxylic acid groups (broad SMARTS) is 1. The molecule has 0 aromatic carbocycles. The highest BCUT2D eigenvalue weighted by atomic mass is 16.5. The van der Waals surface area contributed by atoms with Gasteiger partial charge in [0.1, 0.15) is 0 Å². The molecule has 2 fully saturated rings. The molecule has 2 N–H and O–H groups in total. The molecule has 0 bridgehead atoms. The van der Waals surface area contributed by atoms with Crippen molar-refractivity contribution in [1.82, 2.24) is 9.80 Å². The van der Waals surface area contributed by atoms with Gasteiger partial charge in [0.15, 0.2) is 6.04 Å². The van der Waals surface area contributed by atoms with Gasteiger partial charge in [-0.2, -0.15) is 0 Å². The van der Waals surface area contributed by atoms with Crippen molar-refractivity contribution >= 4 is 12.0 Å². The average Bonchev–Trinajstić information content (AvgIpc) is 2.86. The maximum absolute atomic E-state index is 12.3. The standard InChI is InChI=1S/C11H18N2O5/c14-6-8-2-1-3-12(8)11(17)13-4-5-18-7-9(13)10(15)16/h8-9,14H,1-7H2,(H,15,16). The Morgan fingerprint density at radius 1 is 1.28 bits per heavy atom. The summed E-state index contributed by atoms with van der Waals surface area (Å²) >= 11 is 0. The lowest BCUT2D eigenvalue weighted by Gasteiger charge is -2.37. The topological polar surface area (TPSA) is 90.3 Å². The highest BCUT2D eigenvalue weighted by Gasteiger charge is 2.38. The highest BCUT2D eigenvalue weighted by molar-refractivity contribution is 5.83. The van der Waals surface area contributed by atoms with Gasteiger partial charge in [-0.3, -0.25) is 0 Å². The van der Waals surface area contributed by atoms with Gasteiger partial charge in [0.05, 0.1) is 25.9 Å². The molecule has 0 aromatic rings. The number of aliphatic hydroxyl groups excluding tert-OH is 1. The molecule has 0 spiro atoms. The fourth-order valence-corrected chi connectivity index (χ4v) is 2.48. The van der Waals surface area contributed by atoms with Crippen LogP contribution in [0.2, 0.25) is 0 Å². The first kappa shape index (κ1) is 13.1. The first-order valence-corrected chi connectivity index (χ1v) is 6.13. The van der Waals surface area contributed by atoms with Gasteiger partial charge in [-0.05, 0) is 12.8 Å². The number of urea groups is 1. The Hall–Kier alpha value is -1.34. The number of aliphatic carboxylic acids is 1. The summed E-state index contributed by atoms with van der Waals surface area (Å²) in [5.74, 6) is -1.05. The lowest BCUT2D eigenvalue weighted by molar-refractivity contribution is -0.147. The molecule has 18 heavy (non-hydrogen) atoms. The molecule has 0 aromatic heterocycles. The molecule has 2 atom stereocenters. The molecule has 0 saturated carbocycles. The first-order valence-electron chi connectivity index (χ1n) is 6.13. The van der Waals surface area contributed by atoms with Gasteiger partial charge in [-0.15, -0.1) is 0 Å². The summed E-state index contributed by atoms with van der Waals surface area (Å²) in [6.07, 6.45) is 1.61. The predicted octanol–water partition coefficient (Wildman–Crippen LogP) is -0.651. The van der Waals surface area contributed by atoms with Crippen molar-refractivity contribution in [2.24, 2.45) is 0 Å². The van der Waals surface area contributed by atoms with E-state index in [1.165, 1.54) is 4.90 Å². The van der Waals surface area contributed by atoms with E-state index in [9.17, 15) is 14.7 Å². The zero-order valence-electron chi connectivity index (χ0n) is 10.1. The van der Waals surface area contributed by atoms with E-state index in [-0.39, 0.29) is 31.8 Å². The number of nitrogens with zero attached hydrogens (tertiary/aromatic N) is 2. The lowest BCUT2D eigenvalue weighted by Crippen LogP contribution is -2.57. The molecule has 0 aliphatic carbocycles. The lowest BCUT2D eigenvalue weighted by atomic mass is 10.2. The number of likely N-dealkylation sites (tertiary alicyclic amines) is 1. The van der Waals surface area contributed by atoms with E-state index in [0.29, 0.717) is 13.2 Å². The van der Waals surface area contributed by atoms with Gasteiger partial charge < -0.3 is 24.7 Å². The average molecular weight is 258 g/mol. The van der Waals surface area contributed by atoms with E-state index in [1.807, 2.05) is 0 Å². The Morgan fingerprint density at radius 2 is 2.06 bits per heavy atom. The van der Waals surface area contributed by atoms with Gasteiger partial charge in [0.25, 0.3) is 0 Å². The molecule has 2 unspecified atom stereocenters. The van der Waals surface area contributed by atoms with Crippen molar-refractivity contribution < 1.29 is 24.5 Å². The van der Waals surface area contributed by atoms with E-state index in [0.717, 1.165) is 12.8 Å². The Balaban J connectivity index is 2.08. The van der Waals surface area contributed by atoms with Crippen LogP contribution in [0, 0.1) is 0 Å². The Kier molecular flexibility index (Phi) is 4.03. The Labute approximate surface area is 105 Å². The molecule has 2 aliphatic rings. The number of hydrogen-bond acceptors (Lipinski definition) is 4. The minimum Gasteiger partial charge on any atom is -0.480 e. The highest BCUT2D eigenvalue weighted by Crippen LogP contribution is 2.20. The van der Waals surface area contributed by atoms with Crippen molar-refractivity contribution in [3.63, 3.8) is 0 Å². The fourth-order valence-electron chi connectivity index (χ4n) is 2.48. The summed E-state index contributed by atoms with van der Waals surface area (Å²) in [5.41, 5.74) is 0. The fraction of sp³-hybridized carbons (Fsp3) is 0.818. The molecule has 7 heteroatoms. The number of ether oxygens (including phenoxy) is 1. The normalized spacial score (nSPS) is 28.5. The molecule has 2 heterocycles. The van der Waals surface area contributed by atoms with Crippen LogP contribution in [-0.4, -0.2) is 77.0 Å². The maximum Gasteiger partial charge on any atom is 0.328 e. The second-order valence-corrected chi connectivity index (χ2v) is 4.58. The van der Waals surface area contributed by atoms with Crippen molar-refractivity contribution in [3.8, 4) is 0 Å². The van der Waals surface area contributed by atoms with E-state index in [2.05, 4.69) is 0 Å². The van der Waals surface area contributed by atoms with E-state index in [1.54, 1.807) is 4.90 Å². The summed E-state index contributed by atoms with van der Waals surface area (Å²) in [4.78, 5) is 26.3. The number of hydrogen-bond donors (Lipinski definition) is 2. The number of amides is 2. The second-order valence-electron chi connectivity index (χ2n) is 4.58. The monoisotopic (exact) mass is 258 g/mol. The zero-order chi connectivity index (χ0) is 13.1. The van der Waals surface area contributed by atoms with E-state index >= 15 is 0 Å². The summed E-state index contributed by atoms with van der Waals surface area (Å²) in [7, 11) is 0. The van der Waals surface area contributed by atoms with Crippen LogP contribution in [0.1, 0.15) is 12.8 Å². The second kappa shape index (κ2) is 5.53. The van der Waals surface area contributed by atoms with Crippen molar-refractivity contribution in [2.45, 2.75) is 24.9 Å². The quantitative estimate of drug-likeness (QED) is 0.687. The Bertz CT molecular complexity index is 335. The number of carbonyl (C=O) groups is 2. The number of carboxylic acids is 1. The minimum atomic E-state index is -1.05. The molecule has 2 aliphatic heterocycles. The van der Waals surface area contributed by atoms with Gasteiger partial charge in [-0.1, -0.05) is 0 Å². The Morgan fingerprint density at radius 3 is 2.72 bits per heavy atom. The summed E-state index contributed by atoms with van der Waals surface area (Å²) in [5, 5.41) is 18.3. The van der Waals surface area contributed by atoms with Crippen LogP contribution in [0.3, 0.4) is 0 Å². The summed E-state index contributed by atoms with van der Waals surface area (Å²) < 4.78 is 5.10. The molecular formula is C11H18N2O5. The molecule has 0 radical (unpaired) electrons. The summed E-state index contributed by atoms with van der Waals surface area (Å²) in [6.45, 7) is 1.16. The van der Waals surface area contributed by atoms with Gasteiger partial charge >= 0.3 is 12.0 Å². The third-order valence-corrected chi connectivity index (χ3v) is 3.49. The van der Waals surface area contributed by atoms with Crippen molar-refractivity contribution in [3.05, 3.63) is 0 Å². The minimum absolute atomic E-state index is 0.0265. The predicted molar refractivity (Wildman–Crippen MR) is 61.2 cm³/mol. The number of carbonyl (C=O) groups excluding carboxylic acids is 1. The van der Waals surface area contributed by atoms with Crippen LogP contribution in [0.25, 0.3) is 0 Å². The van der Waals surface area contributed by atoms with Crippen LogP contribution in [-0.2, 0) is 9.53 Å². The van der Waals surface area contributed by atoms with E-state index < -0.39 is 12.0 Å². The van der Waals surface area contributed by atoms with E-state index in [4.69, 9.17) is 9.84 Å². The van der Waals surface area contributed by atoms with Crippen LogP contribution in [0.5, 0.6) is 0 Å². The van der Waals surface area contributed by atoms with Crippen LogP contribution in [0.15, 0.2) is 0 Å². The molecule has 2 amide bonds. The molecule has 102 valence electrons. The molecule has 2 rings (SSSR count).